The van der Waals surface area contributed by atoms with Gasteiger partial charge in [-0.3, -0.25) is 0 Å². The van der Waals surface area contributed by atoms with E-state index in [9.17, 15) is 0 Å². The van der Waals surface area contributed by atoms with Crippen molar-refractivity contribution in [1.29, 1.82) is 0 Å². The van der Waals surface area contributed by atoms with Crippen molar-refractivity contribution in [3.05, 3.63) is 65.1 Å². The average Bonchev–Trinajstić information content (AvgIpc) is 2.89. The summed E-state index contributed by atoms with van der Waals surface area (Å²) in [5.41, 5.74) is 7.10. The van der Waals surface area contributed by atoms with Gasteiger partial charge in [-0.05, 0) is 49.0 Å². The van der Waals surface area contributed by atoms with Gasteiger partial charge in [-0.25, -0.2) is 9.50 Å². The molecule has 1 aliphatic carbocycles. The predicted octanol–water partition coefficient (Wildman–Crippen LogP) is 3.91. The molecule has 0 radical (unpaired) electrons. The second kappa shape index (κ2) is 4.85. The maximum absolute atomic E-state index is 4.63. The van der Waals surface area contributed by atoms with Crippen molar-refractivity contribution < 1.29 is 0 Å². The normalized spacial score (nSPS) is 16.3. The van der Waals surface area contributed by atoms with Crippen molar-refractivity contribution in [3.63, 3.8) is 0 Å². The van der Waals surface area contributed by atoms with Gasteiger partial charge in [0.1, 0.15) is 0 Å². The maximum atomic E-state index is 4.63. The number of aromatic nitrogens is 3. The lowest BCUT2D eigenvalue weighted by molar-refractivity contribution is 0.771. The largest absolute Gasteiger partial charge is 0.237 e. The summed E-state index contributed by atoms with van der Waals surface area (Å²) in [7, 11) is 0. The summed E-state index contributed by atoms with van der Waals surface area (Å²) in [5, 5.41) is 4.63. The van der Waals surface area contributed by atoms with Gasteiger partial charge in [0.2, 0.25) is 0 Å². The van der Waals surface area contributed by atoms with Crippen LogP contribution in [0.25, 0.3) is 17.3 Å². The van der Waals surface area contributed by atoms with E-state index in [4.69, 9.17) is 0 Å². The van der Waals surface area contributed by atoms with Gasteiger partial charge in [-0.2, -0.15) is 5.10 Å². The van der Waals surface area contributed by atoms with Crippen LogP contribution in [-0.4, -0.2) is 14.6 Å². The molecule has 1 aromatic carbocycles. The van der Waals surface area contributed by atoms with Crippen molar-refractivity contribution in [2.45, 2.75) is 26.2 Å². The van der Waals surface area contributed by atoms with Crippen LogP contribution in [0.2, 0.25) is 0 Å². The molecular formula is C18H17N3. The minimum absolute atomic E-state index is 0.937. The third kappa shape index (κ3) is 2.15. The number of hydrogen-bond acceptors (Lipinski definition) is 2. The molecule has 0 bridgehead atoms. The molecule has 0 saturated heterocycles. The van der Waals surface area contributed by atoms with Gasteiger partial charge in [0.05, 0.1) is 11.4 Å². The Morgan fingerprint density at radius 3 is 2.86 bits per heavy atom. The van der Waals surface area contributed by atoms with E-state index in [0.717, 1.165) is 24.2 Å². The first-order valence-corrected chi connectivity index (χ1v) is 7.41. The van der Waals surface area contributed by atoms with Gasteiger partial charge in [-0.15, -0.1) is 0 Å². The summed E-state index contributed by atoms with van der Waals surface area (Å²) in [6.45, 7) is 2.02. The van der Waals surface area contributed by atoms with E-state index >= 15 is 0 Å². The number of allylic oxidation sites excluding steroid dienone is 1. The molecule has 104 valence electrons. The van der Waals surface area contributed by atoms with E-state index < -0.39 is 0 Å². The number of fused-ring (bicyclic) bond motifs is 3. The van der Waals surface area contributed by atoms with Crippen LogP contribution in [0.15, 0.2) is 42.6 Å². The monoisotopic (exact) mass is 275 g/mol. The summed E-state index contributed by atoms with van der Waals surface area (Å²) >= 11 is 0. The molecule has 2 aromatic heterocycles. The van der Waals surface area contributed by atoms with Crippen LogP contribution >= 0.6 is 0 Å². The first kappa shape index (κ1) is 12.3. The zero-order valence-electron chi connectivity index (χ0n) is 12.1. The fourth-order valence-corrected chi connectivity index (χ4v) is 3.09. The van der Waals surface area contributed by atoms with Crippen molar-refractivity contribution in [2.75, 3.05) is 0 Å². The number of hydrogen-bond donors (Lipinski definition) is 0. The van der Waals surface area contributed by atoms with Crippen molar-refractivity contribution in [2.24, 2.45) is 0 Å². The summed E-state index contributed by atoms with van der Waals surface area (Å²) < 4.78 is 2.01. The summed E-state index contributed by atoms with van der Waals surface area (Å²) in [6, 6.07) is 12.5. The van der Waals surface area contributed by atoms with Crippen molar-refractivity contribution >= 4 is 17.3 Å². The molecule has 3 heteroatoms. The Morgan fingerprint density at radius 1 is 1.14 bits per heavy atom. The standard InChI is InChI=1S/C18H17N3/c1-13-10-17-19-12-16-9-5-8-15(18(16)21(17)20-13)11-14-6-3-2-4-7-14/h2-4,6-7,10-12H,5,8-9H2,1H3. The quantitative estimate of drug-likeness (QED) is 0.674. The Hall–Kier alpha value is -2.42. The Bertz CT molecular complexity index is 828. The van der Waals surface area contributed by atoms with Crippen LogP contribution in [0.5, 0.6) is 0 Å². The second-order valence-corrected chi connectivity index (χ2v) is 5.62. The molecule has 4 rings (SSSR count). The van der Waals surface area contributed by atoms with Gasteiger partial charge in [0, 0.05) is 12.3 Å². The highest BCUT2D eigenvalue weighted by Crippen LogP contribution is 2.32. The predicted molar refractivity (Wildman–Crippen MR) is 85.0 cm³/mol. The molecule has 1 aliphatic rings. The number of rotatable bonds is 1. The van der Waals surface area contributed by atoms with E-state index in [1.165, 1.54) is 28.8 Å². The van der Waals surface area contributed by atoms with Crippen molar-refractivity contribution in [3.8, 4) is 0 Å². The van der Waals surface area contributed by atoms with Gasteiger partial charge in [0.15, 0.2) is 5.65 Å². The van der Waals surface area contributed by atoms with Gasteiger partial charge < -0.3 is 0 Å². The molecule has 0 amide bonds. The molecule has 3 aromatic rings. The van der Waals surface area contributed by atoms with E-state index in [1.807, 2.05) is 23.7 Å². The lowest BCUT2D eigenvalue weighted by Crippen LogP contribution is -2.10. The SMILES string of the molecule is Cc1cc2ncc3c(n2n1)C(=Cc1ccccc1)CCC3. The third-order valence-corrected chi connectivity index (χ3v) is 4.02. The fraction of sp³-hybridized carbons (Fsp3) is 0.222. The highest BCUT2D eigenvalue weighted by Gasteiger charge is 2.19. The molecule has 0 unspecified atom stereocenters. The van der Waals surface area contributed by atoms with E-state index in [1.54, 1.807) is 0 Å². The van der Waals surface area contributed by atoms with E-state index in [-0.39, 0.29) is 0 Å². The molecule has 0 aliphatic heterocycles. The molecule has 0 spiro atoms. The van der Waals surface area contributed by atoms with Crippen LogP contribution in [0, 0.1) is 6.92 Å². The van der Waals surface area contributed by atoms with Crippen LogP contribution in [0.3, 0.4) is 0 Å². The van der Waals surface area contributed by atoms with Crippen LogP contribution < -0.4 is 0 Å². The number of nitrogens with zero attached hydrogens (tertiary/aromatic N) is 3. The maximum Gasteiger partial charge on any atom is 0.155 e. The highest BCUT2D eigenvalue weighted by atomic mass is 15.3. The average molecular weight is 275 g/mol. The Kier molecular flexibility index (Phi) is 2.85. The highest BCUT2D eigenvalue weighted by molar-refractivity contribution is 5.82. The summed E-state index contributed by atoms with van der Waals surface area (Å²) in [5.74, 6) is 0. The van der Waals surface area contributed by atoms with E-state index in [0.29, 0.717) is 0 Å². The summed E-state index contributed by atoms with van der Waals surface area (Å²) in [4.78, 5) is 4.53. The Labute approximate surface area is 124 Å². The lowest BCUT2D eigenvalue weighted by Gasteiger charge is -2.19. The van der Waals surface area contributed by atoms with Crippen LogP contribution in [-0.2, 0) is 6.42 Å². The first-order chi connectivity index (χ1) is 10.3. The molecule has 2 heterocycles. The minimum Gasteiger partial charge on any atom is -0.237 e. The Balaban J connectivity index is 1.94. The molecular weight excluding hydrogens is 258 g/mol. The number of aryl methyl sites for hydroxylation is 2. The molecule has 0 atom stereocenters. The zero-order chi connectivity index (χ0) is 14.2. The van der Waals surface area contributed by atoms with Gasteiger partial charge in [-0.1, -0.05) is 30.3 Å². The van der Waals surface area contributed by atoms with E-state index in [2.05, 4.69) is 46.5 Å². The third-order valence-electron chi connectivity index (χ3n) is 4.02. The van der Waals surface area contributed by atoms with Gasteiger partial charge in [0.25, 0.3) is 0 Å². The van der Waals surface area contributed by atoms with Gasteiger partial charge >= 0.3 is 0 Å². The summed E-state index contributed by atoms with van der Waals surface area (Å²) in [6.07, 6.45) is 7.67. The minimum atomic E-state index is 0.937. The smallest absolute Gasteiger partial charge is 0.155 e. The second-order valence-electron chi connectivity index (χ2n) is 5.62. The molecule has 21 heavy (non-hydrogen) atoms. The fourth-order valence-electron chi connectivity index (χ4n) is 3.09. The molecule has 3 nitrogen and oxygen atoms in total. The molecule has 0 N–H and O–H groups in total. The van der Waals surface area contributed by atoms with Crippen LogP contribution in [0.4, 0.5) is 0 Å². The van der Waals surface area contributed by atoms with Crippen molar-refractivity contribution in [1.82, 2.24) is 14.6 Å². The first-order valence-electron chi connectivity index (χ1n) is 7.41. The lowest BCUT2D eigenvalue weighted by atomic mass is 9.91. The zero-order valence-corrected chi connectivity index (χ0v) is 12.1. The topological polar surface area (TPSA) is 30.2 Å². The molecule has 0 fully saturated rings. The Morgan fingerprint density at radius 2 is 2.00 bits per heavy atom. The number of benzene rings is 1. The molecule has 0 saturated carbocycles. The van der Waals surface area contributed by atoms with Crippen LogP contribution in [0.1, 0.15) is 35.4 Å².